The molecule has 2 aromatic carbocycles. The van der Waals surface area contributed by atoms with Crippen LogP contribution in [-0.2, 0) is 31.6 Å². The molecule has 8 N–H and O–H groups in total. The summed E-state index contributed by atoms with van der Waals surface area (Å²) in [5.74, 6) is 0. The van der Waals surface area contributed by atoms with Crippen LogP contribution in [0.1, 0.15) is 163 Å². The van der Waals surface area contributed by atoms with Crippen LogP contribution in [0.2, 0.25) is 0 Å². The molecule has 0 radical (unpaired) electrons. The minimum Gasteiger partial charge on any atom is -0.395 e. The lowest BCUT2D eigenvalue weighted by Gasteiger charge is -2.51. The van der Waals surface area contributed by atoms with E-state index in [9.17, 15) is 20.4 Å². The molecule has 0 saturated heterocycles. The van der Waals surface area contributed by atoms with E-state index in [0.29, 0.717) is 11.1 Å². The fraction of sp³-hybridized carbons (Fsp3) is 0.714. The van der Waals surface area contributed by atoms with Crippen molar-refractivity contribution in [1.82, 2.24) is 0 Å². The van der Waals surface area contributed by atoms with E-state index in [4.69, 9.17) is 19.6 Å². The van der Waals surface area contributed by atoms with Crippen LogP contribution in [0, 0.1) is 23.2 Å². The number of aliphatic hydroxyl groups is 4. The monoisotopic (exact) mass is 784 g/mol. The Balaban J connectivity index is 0.00000181. The van der Waals surface area contributed by atoms with Gasteiger partial charge in [0.2, 0.25) is 0 Å². The number of aryl methyl sites for hydroxylation is 1. The van der Waals surface area contributed by atoms with Crippen LogP contribution in [0.15, 0.2) is 30.3 Å². The van der Waals surface area contributed by atoms with Crippen molar-refractivity contribution >= 4 is 17.2 Å². The largest absolute Gasteiger partial charge is 0.395 e. The standard InChI is InChI=1S/C42H70O4.H4O5P2/c1-28-20-32(37(8,9)10)34(33(21-28)38(11,12)13)42(46,41(25-43,26-44)27-45)30-19-18-29(39(14,15)23-35(2,3)4)22-31(30)40(16,17)24-36(5,6)7;1-6(2)5-7(3)4/h18-22,43-46H,23-27H2,1-17H3;1-4H. The van der Waals surface area contributed by atoms with Crippen LogP contribution in [0.4, 0.5) is 0 Å². The Labute approximate surface area is 323 Å². The summed E-state index contributed by atoms with van der Waals surface area (Å²) >= 11 is 0. The van der Waals surface area contributed by atoms with Gasteiger partial charge in [-0.3, -0.25) is 0 Å². The Morgan fingerprint density at radius 2 is 0.906 bits per heavy atom. The highest BCUT2D eigenvalue weighted by Gasteiger charge is 2.57. The van der Waals surface area contributed by atoms with Crippen molar-refractivity contribution in [2.75, 3.05) is 19.8 Å². The van der Waals surface area contributed by atoms with Crippen molar-refractivity contribution in [3.05, 3.63) is 69.3 Å². The lowest BCUT2D eigenvalue weighted by atomic mass is 9.57. The normalized spacial score (nSPS) is 15.1. The fourth-order valence-corrected chi connectivity index (χ4v) is 8.82. The fourth-order valence-electron chi connectivity index (χ4n) is 8.29. The molecule has 0 fully saturated rings. The Morgan fingerprint density at radius 1 is 0.528 bits per heavy atom. The van der Waals surface area contributed by atoms with Gasteiger partial charge >= 0.3 is 17.2 Å². The molecule has 11 heteroatoms. The first-order valence-corrected chi connectivity index (χ1v) is 20.8. The number of aliphatic hydroxyl groups excluding tert-OH is 3. The Kier molecular flexibility index (Phi) is 16.6. The quantitative estimate of drug-likeness (QED) is 0.0982. The summed E-state index contributed by atoms with van der Waals surface area (Å²) in [6, 6.07) is 10.7. The van der Waals surface area contributed by atoms with Crippen molar-refractivity contribution in [3.63, 3.8) is 0 Å². The van der Waals surface area contributed by atoms with Gasteiger partial charge in [-0.15, -0.1) is 0 Å². The van der Waals surface area contributed by atoms with Crippen molar-refractivity contribution in [2.45, 2.75) is 158 Å². The molecule has 2 rings (SSSR count). The summed E-state index contributed by atoms with van der Waals surface area (Å²) in [7, 11) is -5.22. The van der Waals surface area contributed by atoms with Crippen LogP contribution < -0.4 is 0 Å². The van der Waals surface area contributed by atoms with Gasteiger partial charge in [0.15, 0.2) is 0 Å². The van der Waals surface area contributed by atoms with E-state index in [0.717, 1.165) is 35.1 Å². The second kappa shape index (κ2) is 17.6. The average molecular weight is 785 g/mol. The molecule has 306 valence electrons. The van der Waals surface area contributed by atoms with Gasteiger partial charge in [-0.1, -0.05) is 147 Å². The van der Waals surface area contributed by atoms with Crippen LogP contribution in [0.3, 0.4) is 0 Å². The first-order chi connectivity index (χ1) is 23.5. The minimum atomic E-state index is -2.61. The van der Waals surface area contributed by atoms with E-state index in [1.165, 1.54) is 5.56 Å². The van der Waals surface area contributed by atoms with Crippen molar-refractivity contribution < 1.29 is 44.3 Å². The molecule has 0 aliphatic rings. The molecule has 0 amide bonds. The maximum Gasteiger partial charge on any atom is 0.334 e. The summed E-state index contributed by atoms with van der Waals surface area (Å²) in [6.07, 6.45) is 1.81. The third kappa shape index (κ3) is 12.7. The zero-order chi connectivity index (χ0) is 42.0. The second-order valence-electron chi connectivity index (χ2n) is 20.8. The smallest absolute Gasteiger partial charge is 0.334 e. The first kappa shape index (κ1) is 50.0. The Morgan fingerprint density at radius 3 is 1.21 bits per heavy atom. The van der Waals surface area contributed by atoms with Gasteiger partial charge < -0.3 is 40.0 Å². The van der Waals surface area contributed by atoms with Gasteiger partial charge in [-0.25, -0.2) is 4.31 Å². The highest BCUT2D eigenvalue weighted by atomic mass is 31.2. The van der Waals surface area contributed by atoms with Gasteiger partial charge in [0.05, 0.1) is 25.2 Å². The number of hydrogen-bond acceptors (Lipinski definition) is 9. The average Bonchev–Trinajstić information content (AvgIpc) is 2.93. The van der Waals surface area contributed by atoms with E-state index in [-0.39, 0.29) is 16.2 Å². The Hall–Kier alpha value is -1.06. The zero-order valence-electron chi connectivity index (χ0n) is 35.8. The summed E-state index contributed by atoms with van der Waals surface area (Å²) in [5.41, 5.74) is 1.55. The predicted molar refractivity (Wildman–Crippen MR) is 220 cm³/mol. The highest BCUT2D eigenvalue weighted by Crippen LogP contribution is 2.55. The van der Waals surface area contributed by atoms with E-state index < -0.39 is 64.3 Å². The second-order valence-corrected chi connectivity index (χ2v) is 22.5. The lowest BCUT2D eigenvalue weighted by Crippen LogP contribution is -2.56. The molecular formula is C42H74O9P2. The molecule has 0 aliphatic carbocycles. The minimum absolute atomic E-state index is 0.0190. The lowest BCUT2D eigenvalue weighted by molar-refractivity contribution is -0.138. The number of hydrogen-bond donors (Lipinski definition) is 8. The van der Waals surface area contributed by atoms with E-state index in [1.54, 1.807) is 0 Å². The van der Waals surface area contributed by atoms with Crippen LogP contribution in [0.5, 0.6) is 0 Å². The van der Waals surface area contributed by atoms with Gasteiger partial charge in [-0.05, 0) is 85.6 Å². The topological polar surface area (TPSA) is 171 Å². The first-order valence-electron chi connectivity index (χ1n) is 18.5. The predicted octanol–water partition coefficient (Wildman–Crippen LogP) is 8.64. The summed E-state index contributed by atoms with van der Waals surface area (Å²) in [5, 5.41) is 47.5. The van der Waals surface area contributed by atoms with E-state index >= 15 is 0 Å². The highest BCUT2D eigenvalue weighted by molar-refractivity contribution is 7.53. The molecule has 1 atom stereocenters. The molecule has 9 nitrogen and oxygen atoms in total. The zero-order valence-corrected chi connectivity index (χ0v) is 37.6. The van der Waals surface area contributed by atoms with Gasteiger partial charge in [0.25, 0.3) is 0 Å². The van der Waals surface area contributed by atoms with Gasteiger partial charge in [-0.2, -0.15) is 0 Å². The van der Waals surface area contributed by atoms with Gasteiger partial charge in [0, 0.05) is 0 Å². The van der Waals surface area contributed by atoms with Crippen molar-refractivity contribution in [3.8, 4) is 0 Å². The van der Waals surface area contributed by atoms with E-state index in [2.05, 4.69) is 146 Å². The van der Waals surface area contributed by atoms with Crippen molar-refractivity contribution in [2.24, 2.45) is 16.2 Å². The number of rotatable bonds is 12. The molecule has 0 spiro atoms. The SMILES string of the molecule is Cc1cc(C(C)(C)C)c(C(O)(c2ccc(C(C)(C)CC(C)(C)C)cc2C(C)(C)CC(C)(C)C)C(CO)(CO)CO)c(C(C)(C)C)c1.OP(O)OP(O)O. The summed E-state index contributed by atoms with van der Waals surface area (Å²) in [6.45, 7) is 35.7. The maximum absolute atomic E-state index is 13.9. The van der Waals surface area contributed by atoms with Crippen LogP contribution in [0.25, 0.3) is 0 Å². The molecule has 0 heterocycles. The molecule has 0 saturated carbocycles. The molecule has 1 unspecified atom stereocenters. The third-order valence-corrected chi connectivity index (χ3v) is 11.1. The van der Waals surface area contributed by atoms with Crippen molar-refractivity contribution in [1.29, 1.82) is 0 Å². The van der Waals surface area contributed by atoms with Crippen LogP contribution in [-0.4, -0.2) is 59.8 Å². The van der Waals surface area contributed by atoms with Gasteiger partial charge in [0.1, 0.15) is 5.60 Å². The molecule has 0 bridgehead atoms. The van der Waals surface area contributed by atoms with Crippen LogP contribution >= 0.6 is 17.2 Å². The summed E-state index contributed by atoms with van der Waals surface area (Å²) < 4.78 is 3.60. The summed E-state index contributed by atoms with van der Waals surface area (Å²) in [4.78, 5) is 31.3. The molecule has 0 aromatic heterocycles. The molecular weight excluding hydrogens is 710 g/mol. The third-order valence-electron chi connectivity index (χ3n) is 9.95. The molecule has 2 aromatic rings. The maximum atomic E-state index is 13.9. The van der Waals surface area contributed by atoms with E-state index in [1.807, 2.05) is 6.07 Å². The molecule has 53 heavy (non-hydrogen) atoms. The number of benzene rings is 2. The molecule has 0 aliphatic heterocycles. The Bertz CT molecular complexity index is 1440.